The molecule has 4 heterocycles. The van der Waals surface area contributed by atoms with E-state index in [2.05, 4.69) is 22.0 Å². The highest BCUT2D eigenvalue weighted by molar-refractivity contribution is 5.77. The van der Waals surface area contributed by atoms with E-state index in [0.29, 0.717) is 49.4 Å². The van der Waals surface area contributed by atoms with Crippen LogP contribution in [0, 0.1) is 5.92 Å². The molecule has 5 rings (SSSR count). The monoisotopic (exact) mass is 426 g/mol. The van der Waals surface area contributed by atoms with Crippen molar-refractivity contribution < 1.29 is 9.53 Å². The number of likely N-dealkylation sites (tertiary alicyclic amines) is 1. The Morgan fingerprint density at radius 2 is 1.94 bits per heavy atom. The zero-order valence-electron chi connectivity index (χ0n) is 18.4. The van der Waals surface area contributed by atoms with Crippen LogP contribution in [0.2, 0.25) is 0 Å². The van der Waals surface area contributed by atoms with E-state index in [1.807, 2.05) is 4.90 Å². The van der Waals surface area contributed by atoms with E-state index < -0.39 is 0 Å². The number of rotatable bonds is 4. The van der Waals surface area contributed by atoms with Gasteiger partial charge in [-0.25, -0.2) is 4.98 Å². The van der Waals surface area contributed by atoms with Gasteiger partial charge in [-0.05, 0) is 57.5 Å². The molecule has 4 aliphatic rings. The van der Waals surface area contributed by atoms with E-state index in [1.54, 1.807) is 0 Å². The fraction of sp³-hybridized carbons (Fsp3) is 0.708. The number of hydrogen-bond acceptors (Lipinski definition) is 5. The Labute approximate surface area is 183 Å². The largest absolute Gasteiger partial charge is 0.381 e. The minimum Gasteiger partial charge on any atom is -0.381 e. The van der Waals surface area contributed by atoms with E-state index >= 15 is 0 Å². The zero-order chi connectivity index (χ0) is 21.2. The summed E-state index contributed by atoms with van der Waals surface area (Å²) in [5.74, 6) is 1.69. The fourth-order valence-electron chi connectivity index (χ4n) is 5.66. The Bertz CT molecular complexity index is 881. The lowest BCUT2D eigenvalue weighted by Gasteiger charge is -2.39. The van der Waals surface area contributed by atoms with Crippen molar-refractivity contribution in [2.24, 2.45) is 5.92 Å². The molecular weight excluding hydrogens is 392 g/mol. The molecule has 1 aromatic heterocycles. The van der Waals surface area contributed by atoms with E-state index in [4.69, 9.17) is 9.72 Å². The normalized spacial score (nSPS) is 25.7. The molecule has 1 aromatic rings. The number of aromatic nitrogens is 2. The first-order valence-electron chi connectivity index (χ1n) is 12.1. The molecule has 0 spiro atoms. The number of piperidine rings is 1. The van der Waals surface area contributed by atoms with Gasteiger partial charge in [0, 0.05) is 44.6 Å². The second kappa shape index (κ2) is 9.25. The van der Waals surface area contributed by atoms with Gasteiger partial charge in [0.1, 0.15) is 5.82 Å². The summed E-state index contributed by atoms with van der Waals surface area (Å²) in [6.07, 6.45) is 12.0. The summed E-state index contributed by atoms with van der Waals surface area (Å²) in [7, 11) is 0. The molecule has 0 aromatic carbocycles. The van der Waals surface area contributed by atoms with Crippen LogP contribution in [0.25, 0.3) is 0 Å². The number of allylic oxidation sites excluding steroid dienone is 2. The first-order chi connectivity index (χ1) is 15.2. The molecule has 2 saturated heterocycles. The van der Waals surface area contributed by atoms with E-state index in [1.165, 1.54) is 0 Å². The lowest BCUT2D eigenvalue weighted by Crippen LogP contribution is -2.44. The number of amides is 1. The number of carbonyl (C=O) groups excluding carboxylic acids is 1. The number of aromatic amines is 1. The van der Waals surface area contributed by atoms with Gasteiger partial charge >= 0.3 is 0 Å². The molecule has 7 nitrogen and oxygen atoms in total. The van der Waals surface area contributed by atoms with Crippen molar-refractivity contribution in [1.82, 2.24) is 19.8 Å². The average Bonchev–Trinajstić information content (AvgIpc) is 3.32. The summed E-state index contributed by atoms with van der Waals surface area (Å²) in [5.41, 5.74) is 1.53. The number of fused-ring (bicyclic) bond motifs is 1. The molecule has 7 heteroatoms. The van der Waals surface area contributed by atoms with Crippen molar-refractivity contribution in [1.29, 1.82) is 0 Å². The third-order valence-electron chi connectivity index (χ3n) is 7.61. The molecule has 0 saturated carbocycles. The lowest BCUT2D eigenvalue weighted by atomic mass is 9.93. The number of ether oxygens (including phenoxy) is 1. The van der Waals surface area contributed by atoms with Gasteiger partial charge in [0.15, 0.2) is 0 Å². The molecule has 3 aliphatic heterocycles. The van der Waals surface area contributed by atoms with Gasteiger partial charge in [-0.3, -0.25) is 9.59 Å². The molecule has 0 radical (unpaired) electrons. The Balaban J connectivity index is 1.21. The summed E-state index contributed by atoms with van der Waals surface area (Å²) >= 11 is 0. The smallest absolute Gasteiger partial charge is 0.256 e. The maximum Gasteiger partial charge on any atom is 0.256 e. The first-order valence-corrected chi connectivity index (χ1v) is 12.1. The van der Waals surface area contributed by atoms with Crippen LogP contribution in [0.5, 0.6) is 0 Å². The maximum absolute atomic E-state index is 12.9. The topological polar surface area (TPSA) is 78.5 Å². The van der Waals surface area contributed by atoms with E-state index in [-0.39, 0.29) is 11.5 Å². The van der Waals surface area contributed by atoms with Crippen LogP contribution in [0.15, 0.2) is 16.9 Å². The Morgan fingerprint density at radius 1 is 1.13 bits per heavy atom. The van der Waals surface area contributed by atoms with Crippen molar-refractivity contribution in [3.05, 3.63) is 39.6 Å². The number of carbonyl (C=O) groups is 1. The fourth-order valence-corrected chi connectivity index (χ4v) is 5.66. The number of H-pyrrole nitrogens is 1. The van der Waals surface area contributed by atoms with Gasteiger partial charge < -0.3 is 19.5 Å². The first kappa shape index (κ1) is 20.9. The minimum absolute atomic E-state index is 0.0508. The van der Waals surface area contributed by atoms with Crippen LogP contribution in [0.3, 0.4) is 0 Å². The van der Waals surface area contributed by atoms with Gasteiger partial charge in [0.05, 0.1) is 17.8 Å². The summed E-state index contributed by atoms with van der Waals surface area (Å²) in [6, 6.07) is 0.647. The molecule has 0 bridgehead atoms. The Kier molecular flexibility index (Phi) is 6.23. The molecule has 0 unspecified atom stereocenters. The van der Waals surface area contributed by atoms with Crippen LogP contribution in [-0.4, -0.2) is 64.6 Å². The summed E-state index contributed by atoms with van der Waals surface area (Å²) < 4.78 is 5.50. The molecular formula is C24H34N4O3. The second-order valence-corrected chi connectivity index (χ2v) is 9.57. The lowest BCUT2D eigenvalue weighted by molar-refractivity contribution is -0.132. The van der Waals surface area contributed by atoms with Gasteiger partial charge in [-0.15, -0.1) is 0 Å². The predicted octanol–water partition coefficient (Wildman–Crippen LogP) is 2.37. The standard InChI is InChI=1S/C24H34N4O3/c29-22(15-17-3-1-2-4-17)28-12-7-21-20(16-28)24(30)26-23(25-21)18-5-10-27(11-6-18)19-8-13-31-14-9-19/h1,3,17-19H,2,4-16H2,(H,25,26,30)/t17-/m0/s1. The van der Waals surface area contributed by atoms with Crippen molar-refractivity contribution in [2.75, 3.05) is 32.8 Å². The van der Waals surface area contributed by atoms with E-state index in [9.17, 15) is 9.59 Å². The second-order valence-electron chi connectivity index (χ2n) is 9.57. The highest BCUT2D eigenvalue weighted by atomic mass is 16.5. The van der Waals surface area contributed by atoms with Crippen LogP contribution >= 0.6 is 0 Å². The molecule has 168 valence electrons. The van der Waals surface area contributed by atoms with Gasteiger partial charge in [0.2, 0.25) is 5.91 Å². The third-order valence-corrected chi connectivity index (χ3v) is 7.61. The third kappa shape index (κ3) is 4.62. The van der Waals surface area contributed by atoms with Crippen LogP contribution in [0.4, 0.5) is 0 Å². The number of hydrogen-bond donors (Lipinski definition) is 1. The molecule has 1 N–H and O–H groups in total. The number of nitrogens with one attached hydrogen (secondary N) is 1. The molecule has 1 aliphatic carbocycles. The highest BCUT2D eigenvalue weighted by Crippen LogP contribution is 2.29. The average molecular weight is 427 g/mol. The Morgan fingerprint density at radius 3 is 2.68 bits per heavy atom. The summed E-state index contributed by atoms with van der Waals surface area (Å²) in [6.45, 7) is 4.94. The minimum atomic E-state index is -0.0508. The van der Waals surface area contributed by atoms with Crippen molar-refractivity contribution in [3.8, 4) is 0 Å². The van der Waals surface area contributed by atoms with Crippen molar-refractivity contribution >= 4 is 5.91 Å². The highest BCUT2D eigenvalue weighted by Gasteiger charge is 2.30. The van der Waals surface area contributed by atoms with Gasteiger partial charge in [-0.2, -0.15) is 0 Å². The summed E-state index contributed by atoms with van der Waals surface area (Å²) in [5, 5.41) is 0. The Hall–Kier alpha value is -1.99. The van der Waals surface area contributed by atoms with Crippen LogP contribution in [-0.2, 0) is 22.5 Å². The molecule has 31 heavy (non-hydrogen) atoms. The molecule has 2 fully saturated rings. The molecule has 1 atom stereocenters. The van der Waals surface area contributed by atoms with Crippen molar-refractivity contribution in [2.45, 2.75) is 69.9 Å². The van der Waals surface area contributed by atoms with E-state index in [0.717, 1.165) is 76.3 Å². The predicted molar refractivity (Wildman–Crippen MR) is 118 cm³/mol. The van der Waals surface area contributed by atoms with Crippen LogP contribution < -0.4 is 5.56 Å². The quantitative estimate of drug-likeness (QED) is 0.748. The summed E-state index contributed by atoms with van der Waals surface area (Å²) in [4.78, 5) is 38.0. The number of nitrogens with zero attached hydrogens (tertiary/aromatic N) is 3. The van der Waals surface area contributed by atoms with Gasteiger partial charge in [0.25, 0.3) is 5.56 Å². The zero-order valence-corrected chi connectivity index (χ0v) is 18.4. The van der Waals surface area contributed by atoms with Crippen LogP contribution in [0.1, 0.15) is 67.9 Å². The van der Waals surface area contributed by atoms with Gasteiger partial charge in [-0.1, -0.05) is 12.2 Å². The van der Waals surface area contributed by atoms with Crippen molar-refractivity contribution in [3.63, 3.8) is 0 Å². The maximum atomic E-state index is 12.9. The molecule has 1 amide bonds. The SMILES string of the molecule is O=C(C[C@H]1C=CCC1)N1CCc2nc(C3CCN(C4CCOCC4)CC3)[nH]c(=O)c2C1.